The monoisotopic (exact) mass is 541 g/mol. The number of nitrogens with zero attached hydrogens (tertiary/aromatic N) is 3. The lowest BCUT2D eigenvalue weighted by molar-refractivity contribution is 0.0955. The van der Waals surface area contributed by atoms with Crippen molar-refractivity contribution in [3.05, 3.63) is 137 Å². The van der Waals surface area contributed by atoms with Crippen molar-refractivity contribution in [3.63, 3.8) is 0 Å². The standard InChI is InChI=1S/C33H27N5OS/c1-23-11-17-28(18-12-23)35-33-36-30(22-40-33)25-13-15-26(16-14-25)32(39)37-34-19-27-21-38(20-24-7-3-2-4-8-24)31-10-6-5-9-29(27)31/h2-19,21-22H,20H2,1H3,(H,35,36)(H,37,39)/b34-19-. The van der Waals surface area contributed by atoms with E-state index in [1.54, 1.807) is 29.7 Å². The summed E-state index contributed by atoms with van der Waals surface area (Å²) in [7, 11) is 0. The summed E-state index contributed by atoms with van der Waals surface area (Å²) < 4.78 is 2.20. The average Bonchev–Trinajstić information content (AvgIpc) is 3.60. The molecule has 0 spiro atoms. The molecule has 0 saturated heterocycles. The van der Waals surface area contributed by atoms with E-state index in [0.29, 0.717) is 5.56 Å². The molecule has 0 unspecified atom stereocenters. The van der Waals surface area contributed by atoms with Crippen molar-refractivity contribution in [2.75, 3.05) is 5.32 Å². The molecule has 1 amide bonds. The molecular formula is C33H27N5OS. The number of nitrogens with one attached hydrogen (secondary N) is 2. The Labute approximate surface area is 236 Å². The SMILES string of the molecule is Cc1ccc(Nc2nc(-c3ccc(C(=O)N/N=C\c4cn(Cc5ccccc5)c5ccccc45)cc3)cs2)cc1. The third kappa shape index (κ3) is 5.70. The number of fused-ring (bicyclic) bond motifs is 1. The molecule has 7 heteroatoms. The van der Waals surface area contributed by atoms with Crippen LogP contribution in [0.5, 0.6) is 0 Å². The van der Waals surface area contributed by atoms with Crippen molar-refractivity contribution < 1.29 is 4.79 Å². The highest BCUT2D eigenvalue weighted by molar-refractivity contribution is 7.14. The molecule has 6 aromatic rings. The second-order valence-corrected chi connectivity index (χ2v) is 10.4. The Morgan fingerprint density at radius 3 is 2.48 bits per heavy atom. The van der Waals surface area contributed by atoms with E-state index in [1.165, 1.54) is 11.1 Å². The lowest BCUT2D eigenvalue weighted by Gasteiger charge is -2.05. The molecule has 196 valence electrons. The molecule has 4 aromatic carbocycles. The molecule has 0 aliphatic rings. The van der Waals surface area contributed by atoms with Gasteiger partial charge in [0.15, 0.2) is 5.13 Å². The minimum Gasteiger partial charge on any atom is -0.342 e. The number of thiazole rings is 1. The van der Waals surface area contributed by atoms with E-state index in [2.05, 4.69) is 69.9 Å². The molecule has 0 radical (unpaired) electrons. The highest BCUT2D eigenvalue weighted by Crippen LogP contribution is 2.27. The van der Waals surface area contributed by atoms with Gasteiger partial charge in [0.1, 0.15) is 0 Å². The molecule has 0 fully saturated rings. The fraction of sp³-hybridized carbons (Fsp3) is 0.0606. The van der Waals surface area contributed by atoms with E-state index in [-0.39, 0.29) is 5.91 Å². The maximum Gasteiger partial charge on any atom is 0.271 e. The van der Waals surface area contributed by atoms with Gasteiger partial charge in [0.25, 0.3) is 5.91 Å². The predicted molar refractivity (Wildman–Crippen MR) is 165 cm³/mol. The fourth-order valence-corrected chi connectivity index (χ4v) is 5.27. The number of amides is 1. The first-order chi connectivity index (χ1) is 19.6. The average molecular weight is 542 g/mol. The van der Waals surface area contributed by atoms with Crippen molar-refractivity contribution in [2.45, 2.75) is 13.5 Å². The van der Waals surface area contributed by atoms with E-state index in [4.69, 9.17) is 4.98 Å². The Balaban J connectivity index is 1.11. The number of para-hydroxylation sites is 1. The zero-order chi connectivity index (χ0) is 27.3. The third-order valence-corrected chi connectivity index (χ3v) is 7.39. The van der Waals surface area contributed by atoms with Crippen molar-refractivity contribution in [1.82, 2.24) is 15.0 Å². The normalized spacial score (nSPS) is 11.2. The van der Waals surface area contributed by atoms with Crippen LogP contribution in [-0.2, 0) is 6.54 Å². The van der Waals surface area contributed by atoms with Crippen LogP contribution in [0.4, 0.5) is 10.8 Å². The van der Waals surface area contributed by atoms with E-state index >= 15 is 0 Å². The van der Waals surface area contributed by atoms with Gasteiger partial charge in [0.2, 0.25) is 0 Å². The number of anilines is 2. The highest BCUT2D eigenvalue weighted by Gasteiger charge is 2.10. The smallest absolute Gasteiger partial charge is 0.271 e. The molecule has 6 rings (SSSR count). The summed E-state index contributed by atoms with van der Waals surface area (Å²) in [6.07, 6.45) is 3.77. The third-order valence-electron chi connectivity index (χ3n) is 6.63. The lowest BCUT2D eigenvalue weighted by Crippen LogP contribution is -2.17. The van der Waals surface area contributed by atoms with E-state index in [9.17, 15) is 4.79 Å². The van der Waals surface area contributed by atoms with Crippen molar-refractivity contribution in [3.8, 4) is 11.3 Å². The quantitative estimate of drug-likeness (QED) is 0.154. The number of carbonyl (C=O) groups is 1. The molecule has 2 heterocycles. The first kappa shape index (κ1) is 25.3. The molecule has 0 saturated carbocycles. The molecule has 6 nitrogen and oxygen atoms in total. The van der Waals surface area contributed by atoms with Crippen molar-refractivity contribution in [2.24, 2.45) is 5.10 Å². The summed E-state index contributed by atoms with van der Waals surface area (Å²) in [6.45, 7) is 2.82. The second-order valence-electron chi connectivity index (χ2n) is 9.52. The summed E-state index contributed by atoms with van der Waals surface area (Å²) in [5.41, 5.74) is 10.5. The molecule has 0 aliphatic carbocycles. The number of hydrogen-bond acceptors (Lipinski definition) is 5. The van der Waals surface area contributed by atoms with Gasteiger partial charge in [-0.3, -0.25) is 4.79 Å². The lowest BCUT2D eigenvalue weighted by atomic mass is 10.1. The number of hydrogen-bond donors (Lipinski definition) is 2. The number of benzene rings is 4. The van der Waals surface area contributed by atoms with Crippen LogP contribution in [0, 0.1) is 6.92 Å². The van der Waals surface area contributed by atoms with Gasteiger partial charge in [-0.25, -0.2) is 10.4 Å². The molecule has 40 heavy (non-hydrogen) atoms. The minimum atomic E-state index is -0.268. The predicted octanol–water partition coefficient (Wildman–Crippen LogP) is 7.63. The van der Waals surface area contributed by atoms with Gasteiger partial charge < -0.3 is 9.88 Å². The van der Waals surface area contributed by atoms with E-state index < -0.39 is 0 Å². The van der Waals surface area contributed by atoms with Gasteiger partial charge in [-0.05, 0) is 42.8 Å². The number of hydrazone groups is 1. The molecule has 2 N–H and O–H groups in total. The summed E-state index contributed by atoms with van der Waals surface area (Å²) in [5.74, 6) is -0.268. The minimum absolute atomic E-state index is 0.268. The number of aromatic nitrogens is 2. The van der Waals surface area contributed by atoms with Gasteiger partial charge in [-0.15, -0.1) is 11.3 Å². The van der Waals surface area contributed by atoms with Crippen molar-refractivity contribution in [1.29, 1.82) is 0 Å². The first-order valence-electron chi connectivity index (χ1n) is 13.0. The Morgan fingerprint density at radius 2 is 1.68 bits per heavy atom. The zero-order valence-corrected chi connectivity index (χ0v) is 22.7. The molecule has 0 bridgehead atoms. The molecular weight excluding hydrogens is 514 g/mol. The van der Waals surface area contributed by atoms with Gasteiger partial charge in [-0.1, -0.05) is 78.4 Å². The summed E-state index contributed by atoms with van der Waals surface area (Å²) in [6, 6.07) is 34.1. The van der Waals surface area contributed by atoms with Crippen molar-refractivity contribution >= 4 is 45.2 Å². The largest absolute Gasteiger partial charge is 0.342 e. The molecule has 0 atom stereocenters. The summed E-state index contributed by atoms with van der Waals surface area (Å²) >= 11 is 1.54. The van der Waals surface area contributed by atoms with Crippen LogP contribution in [-0.4, -0.2) is 21.7 Å². The number of carbonyl (C=O) groups excluding carboxylic acids is 1. The number of aryl methyl sites for hydroxylation is 1. The van der Waals surface area contributed by atoms with Crippen LogP contribution in [0.1, 0.15) is 27.0 Å². The fourth-order valence-electron chi connectivity index (χ4n) is 4.53. The van der Waals surface area contributed by atoms with Crippen LogP contribution in [0.15, 0.2) is 120 Å². The Morgan fingerprint density at radius 1 is 0.925 bits per heavy atom. The molecule has 0 aliphatic heterocycles. The summed E-state index contributed by atoms with van der Waals surface area (Å²) in [4.78, 5) is 17.5. The Hall–Kier alpha value is -5.01. The maximum atomic E-state index is 12.8. The number of rotatable bonds is 8. The Bertz CT molecular complexity index is 1790. The van der Waals surface area contributed by atoms with Gasteiger partial charge in [-0.2, -0.15) is 5.10 Å². The Kier molecular flexibility index (Phi) is 7.20. The van der Waals surface area contributed by atoms with E-state index in [0.717, 1.165) is 45.1 Å². The van der Waals surface area contributed by atoms with Crippen LogP contribution in [0.2, 0.25) is 0 Å². The van der Waals surface area contributed by atoms with Crippen LogP contribution < -0.4 is 10.7 Å². The summed E-state index contributed by atoms with van der Waals surface area (Å²) in [5, 5.41) is 11.5. The van der Waals surface area contributed by atoms with Crippen LogP contribution in [0.25, 0.3) is 22.2 Å². The van der Waals surface area contributed by atoms with Crippen LogP contribution in [0.3, 0.4) is 0 Å². The maximum absolute atomic E-state index is 12.8. The van der Waals surface area contributed by atoms with Gasteiger partial charge >= 0.3 is 0 Å². The zero-order valence-electron chi connectivity index (χ0n) is 21.9. The first-order valence-corrected chi connectivity index (χ1v) is 13.9. The second kappa shape index (κ2) is 11.4. The molecule has 2 aromatic heterocycles. The van der Waals surface area contributed by atoms with Crippen LogP contribution >= 0.6 is 11.3 Å². The van der Waals surface area contributed by atoms with Gasteiger partial charge in [0, 0.05) is 51.4 Å². The highest BCUT2D eigenvalue weighted by atomic mass is 32.1. The topological polar surface area (TPSA) is 71.3 Å². The van der Waals surface area contributed by atoms with E-state index in [1.807, 2.05) is 60.0 Å². The van der Waals surface area contributed by atoms with Gasteiger partial charge in [0.05, 0.1) is 11.9 Å².